The Morgan fingerprint density at radius 1 is 1.37 bits per heavy atom. The first kappa shape index (κ1) is 13.9. The molecule has 1 aliphatic heterocycles. The van der Waals surface area contributed by atoms with Crippen molar-refractivity contribution in [3.8, 4) is 11.8 Å². The third kappa shape index (κ3) is 2.89. The predicted molar refractivity (Wildman–Crippen MR) is 73.0 cm³/mol. The van der Waals surface area contributed by atoms with Crippen LogP contribution in [0.5, 0.6) is 5.75 Å². The maximum absolute atomic E-state index is 9.10. The van der Waals surface area contributed by atoms with Crippen LogP contribution in [0.1, 0.15) is 16.7 Å². The third-order valence-corrected chi connectivity index (χ3v) is 3.51. The first-order chi connectivity index (χ1) is 9.10. The highest BCUT2D eigenvalue weighted by atomic mass is 16.5. The number of ether oxygens (including phenoxy) is 2. The Hall–Kier alpha value is -1.57. The number of aryl methyl sites for hydroxylation is 2. The summed E-state index contributed by atoms with van der Waals surface area (Å²) in [5.41, 5.74) is 3.17. The van der Waals surface area contributed by atoms with Gasteiger partial charge >= 0.3 is 0 Å². The van der Waals surface area contributed by atoms with Gasteiger partial charge in [0.15, 0.2) is 0 Å². The highest BCUT2D eigenvalue weighted by Crippen LogP contribution is 2.26. The summed E-state index contributed by atoms with van der Waals surface area (Å²) in [5.74, 6) is 0.949. The van der Waals surface area contributed by atoms with E-state index in [2.05, 4.69) is 23.5 Å². The summed E-state index contributed by atoms with van der Waals surface area (Å²) in [5, 5.41) is 12.4. The maximum Gasteiger partial charge on any atom is 0.124 e. The van der Waals surface area contributed by atoms with E-state index in [9.17, 15) is 0 Å². The number of hydrogen-bond acceptors (Lipinski definition) is 4. The van der Waals surface area contributed by atoms with E-state index in [1.807, 2.05) is 13.8 Å². The molecule has 0 aromatic heterocycles. The van der Waals surface area contributed by atoms with Crippen molar-refractivity contribution in [3.05, 3.63) is 28.8 Å². The molecule has 1 N–H and O–H groups in total. The van der Waals surface area contributed by atoms with Crippen molar-refractivity contribution >= 4 is 0 Å². The molecule has 0 unspecified atom stereocenters. The molecule has 0 atom stereocenters. The lowest BCUT2D eigenvalue weighted by molar-refractivity contribution is -0.0755. The standard InChI is InChI=1S/C15H20N2O2/c1-11-4-13(5-12(2)14(11)18-3)6-17-8-15(7-16)9-19-10-15/h4-5,17H,6,8-10H2,1-3H3. The fourth-order valence-corrected chi connectivity index (χ4v) is 2.46. The quantitative estimate of drug-likeness (QED) is 0.879. The second-order valence-electron chi connectivity index (χ2n) is 5.25. The number of nitrogens with one attached hydrogen (secondary N) is 1. The van der Waals surface area contributed by atoms with Gasteiger partial charge in [0.25, 0.3) is 0 Å². The van der Waals surface area contributed by atoms with Crippen LogP contribution < -0.4 is 10.1 Å². The average molecular weight is 260 g/mol. The monoisotopic (exact) mass is 260 g/mol. The summed E-state index contributed by atoms with van der Waals surface area (Å²) in [4.78, 5) is 0. The molecule has 1 aromatic rings. The van der Waals surface area contributed by atoms with E-state index in [1.54, 1.807) is 7.11 Å². The largest absolute Gasteiger partial charge is 0.496 e. The highest BCUT2D eigenvalue weighted by Gasteiger charge is 2.38. The van der Waals surface area contributed by atoms with Crippen LogP contribution in [0.3, 0.4) is 0 Å². The van der Waals surface area contributed by atoms with Crippen molar-refractivity contribution in [2.24, 2.45) is 5.41 Å². The Morgan fingerprint density at radius 2 is 2.00 bits per heavy atom. The Labute approximate surface area is 114 Å². The Bertz CT molecular complexity index is 478. The first-order valence-corrected chi connectivity index (χ1v) is 6.44. The number of hydrogen-bond donors (Lipinski definition) is 1. The second kappa shape index (κ2) is 5.60. The molecular weight excluding hydrogens is 240 g/mol. The molecule has 4 heteroatoms. The highest BCUT2D eigenvalue weighted by molar-refractivity contribution is 5.43. The number of methoxy groups -OCH3 is 1. The van der Waals surface area contributed by atoms with E-state index in [1.165, 1.54) is 5.56 Å². The van der Waals surface area contributed by atoms with Gasteiger partial charge in [-0.3, -0.25) is 0 Å². The fraction of sp³-hybridized carbons (Fsp3) is 0.533. The van der Waals surface area contributed by atoms with Crippen LogP contribution in [-0.2, 0) is 11.3 Å². The molecule has 0 radical (unpaired) electrons. The van der Waals surface area contributed by atoms with Crippen LogP contribution in [-0.4, -0.2) is 26.9 Å². The van der Waals surface area contributed by atoms with Crippen molar-refractivity contribution < 1.29 is 9.47 Å². The van der Waals surface area contributed by atoms with E-state index < -0.39 is 0 Å². The van der Waals surface area contributed by atoms with E-state index in [0.29, 0.717) is 19.8 Å². The SMILES string of the molecule is COc1c(C)cc(CNCC2(C#N)COC2)cc1C. The second-order valence-corrected chi connectivity index (χ2v) is 5.25. The number of rotatable bonds is 5. The van der Waals surface area contributed by atoms with Crippen LogP contribution in [0.2, 0.25) is 0 Å². The number of nitriles is 1. The van der Waals surface area contributed by atoms with Crippen molar-refractivity contribution in [1.82, 2.24) is 5.32 Å². The zero-order chi connectivity index (χ0) is 13.9. The zero-order valence-electron chi connectivity index (χ0n) is 11.7. The van der Waals surface area contributed by atoms with Gasteiger partial charge in [0.05, 0.1) is 26.4 Å². The summed E-state index contributed by atoms with van der Waals surface area (Å²) in [6, 6.07) is 6.58. The minimum Gasteiger partial charge on any atom is -0.496 e. The van der Waals surface area contributed by atoms with E-state index in [0.717, 1.165) is 23.4 Å². The summed E-state index contributed by atoms with van der Waals surface area (Å²) in [6.07, 6.45) is 0. The smallest absolute Gasteiger partial charge is 0.124 e. The molecule has 1 heterocycles. The Morgan fingerprint density at radius 3 is 2.42 bits per heavy atom. The van der Waals surface area contributed by atoms with E-state index in [4.69, 9.17) is 14.7 Å². The molecule has 19 heavy (non-hydrogen) atoms. The van der Waals surface area contributed by atoms with Crippen molar-refractivity contribution in [2.45, 2.75) is 20.4 Å². The van der Waals surface area contributed by atoms with E-state index >= 15 is 0 Å². The first-order valence-electron chi connectivity index (χ1n) is 6.44. The Kier molecular flexibility index (Phi) is 4.08. The van der Waals surface area contributed by atoms with Gasteiger partial charge < -0.3 is 14.8 Å². The molecule has 1 aliphatic rings. The number of benzene rings is 1. The molecule has 1 saturated heterocycles. The van der Waals surface area contributed by atoms with Crippen LogP contribution in [0.25, 0.3) is 0 Å². The normalized spacial score (nSPS) is 16.5. The lowest BCUT2D eigenvalue weighted by atomic mass is 9.88. The van der Waals surface area contributed by atoms with Crippen LogP contribution in [0, 0.1) is 30.6 Å². The summed E-state index contributed by atoms with van der Waals surface area (Å²) >= 11 is 0. The summed E-state index contributed by atoms with van der Waals surface area (Å²) < 4.78 is 10.5. The topological polar surface area (TPSA) is 54.3 Å². The molecule has 102 valence electrons. The van der Waals surface area contributed by atoms with Gasteiger partial charge in [-0.1, -0.05) is 12.1 Å². The molecule has 0 bridgehead atoms. The van der Waals surface area contributed by atoms with Crippen LogP contribution in [0.4, 0.5) is 0 Å². The van der Waals surface area contributed by atoms with Gasteiger partial charge in [0.2, 0.25) is 0 Å². The molecule has 0 amide bonds. The predicted octanol–water partition coefficient (Wildman–Crippen LogP) is 1.94. The fourth-order valence-electron chi connectivity index (χ4n) is 2.46. The van der Waals surface area contributed by atoms with Crippen molar-refractivity contribution in [2.75, 3.05) is 26.9 Å². The van der Waals surface area contributed by atoms with Gasteiger partial charge in [-0.2, -0.15) is 5.26 Å². The molecule has 0 aliphatic carbocycles. The number of nitrogens with zero attached hydrogens (tertiary/aromatic N) is 1. The molecule has 2 rings (SSSR count). The van der Waals surface area contributed by atoms with E-state index in [-0.39, 0.29) is 5.41 Å². The molecule has 1 fully saturated rings. The molecule has 0 spiro atoms. The van der Waals surface area contributed by atoms with Gasteiger partial charge in [0, 0.05) is 13.1 Å². The summed E-state index contributed by atoms with van der Waals surface area (Å²) in [7, 11) is 1.69. The van der Waals surface area contributed by atoms with Crippen LogP contribution >= 0.6 is 0 Å². The van der Waals surface area contributed by atoms with Crippen LogP contribution in [0.15, 0.2) is 12.1 Å². The lowest BCUT2D eigenvalue weighted by Crippen LogP contribution is -2.48. The molecule has 4 nitrogen and oxygen atoms in total. The van der Waals surface area contributed by atoms with Crippen molar-refractivity contribution in [1.29, 1.82) is 5.26 Å². The van der Waals surface area contributed by atoms with Gasteiger partial charge in [0.1, 0.15) is 11.2 Å². The molecular formula is C15H20N2O2. The minimum absolute atomic E-state index is 0.323. The van der Waals surface area contributed by atoms with Gasteiger partial charge in [-0.05, 0) is 30.5 Å². The van der Waals surface area contributed by atoms with Gasteiger partial charge in [-0.15, -0.1) is 0 Å². The zero-order valence-corrected chi connectivity index (χ0v) is 11.7. The maximum atomic E-state index is 9.10. The average Bonchev–Trinajstić information content (AvgIpc) is 2.32. The Balaban J connectivity index is 1.95. The minimum atomic E-state index is -0.323. The lowest BCUT2D eigenvalue weighted by Gasteiger charge is -2.35. The summed E-state index contributed by atoms with van der Waals surface area (Å²) in [6.45, 7) is 6.61. The third-order valence-electron chi connectivity index (χ3n) is 3.51. The van der Waals surface area contributed by atoms with Crippen molar-refractivity contribution in [3.63, 3.8) is 0 Å². The van der Waals surface area contributed by atoms with Gasteiger partial charge in [-0.25, -0.2) is 0 Å². The molecule has 1 aromatic carbocycles. The molecule has 0 saturated carbocycles.